The molecule has 614 valence electrons. The van der Waals surface area contributed by atoms with Gasteiger partial charge in [-0.1, -0.05) is 138 Å². The normalized spacial score (nSPS) is 17.2. The molecule has 0 bridgehead atoms. The van der Waals surface area contributed by atoms with Gasteiger partial charge in [-0.25, -0.2) is 0 Å². The Hall–Kier alpha value is -6.76. The Labute approximate surface area is 662 Å². The molecule has 19 heteroatoms. The number of piperidine rings is 2. The summed E-state index contributed by atoms with van der Waals surface area (Å²) in [4.78, 5) is 81.8. The van der Waals surface area contributed by atoms with E-state index in [0.717, 1.165) is 92.2 Å². The second-order valence-corrected chi connectivity index (χ2v) is 33.3. The van der Waals surface area contributed by atoms with Crippen LogP contribution in [0.15, 0.2) is 104 Å². The van der Waals surface area contributed by atoms with Crippen molar-refractivity contribution in [2.75, 3.05) is 33.2 Å². The van der Waals surface area contributed by atoms with Gasteiger partial charge >= 0.3 is 0 Å². The Kier molecular flexibility index (Phi) is 55.4. The number of rotatable bonds is 21. The third-order valence-electron chi connectivity index (χ3n) is 17.9. The van der Waals surface area contributed by atoms with E-state index in [4.69, 9.17) is 11.6 Å². The van der Waals surface area contributed by atoms with E-state index in [2.05, 4.69) is 113 Å². The van der Waals surface area contributed by atoms with E-state index in [0.29, 0.717) is 59.8 Å². The predicted molar refractivity (Wildman–Crippen MR) is 455 cm³/mol. The van der Waals surface area contributed by atoms with Gasteiger partial charge in [-0.2, -0.15) is 0 Å². The van der Waals surface area contributed by atoms with Gasteiger partial charge in [0.05, 0.1) is 12.3 Å². The average molecular weight is 1530 g/mol. The molecule has 0 aromatic heterocycles. The molecule has 2 saturated heterocycles. The van der Waals surface area contributed by atoms with Crippen molar-refractivity contribution in [1.82, 2.24) is 58.1 Å². The number of halogens is 1. The molecule has 3 aromatic carbocycles. The molecule has 7 amide bonds. The highest BCUT2D eigenvalue weighted by molar-refractivity contribution is 6.30. The zero-order valence-electron chi connectivity index (χ0n) is 71.5. The lowest BCUT2D eigenvalue weighted by Gasteiger charge is -2.31. The fourth-order valence-electron chi connectivity index (χ4n) is 12.2. The lowest BCUT2D eigenvalue weighted by Crippen LogP contribution is -2.42. The summed E-state index contributed by atoms with van der Waals surface area (Å²) in [6.45, 7) is 54.7. The molecular formula is C89H154ClN11O7. The summed E-state index contributed by atoms with van der Waals surface area (Å²) < 4.78 is 0. The summed E-state index contributed by atoms with van der Waals surface area (Å²) >= 11 is 5.77. The van der Waals surface area contributed by atoms with E-state index < -0.39 is 0 Å². The molecular weight excluding hydrogens is 1370 g/mol. The van der Waals surface area contributed by atoms with Crippen LogP contribution in [0.2, 0.25) is 5.02 Å². The fourth-order valence-corrected chi connectivity index (χ4v) is 12.4. The first-order valence-electron chi connectivity index (χ1n) is 41.1. The molecule has 3 aliphatic carbocycles. The molecule has 5 fully saturated rings. The topological polar surface area (TPSA) is 243 Å². The first-order valence-corrected chi connectivity index (χ1v) is 41.4. The molecule has 18 nitrogen and oxygen atoms in total. The maximum absolute atomic E-state index is 11.6. The molecule has 2 aliphatic heterocycles. The first-order chi connectivity index (χ1) is 50.8. The summed E-state index contributed by atoms with van der Waals surface area (Å²) in [5.41, 5.74) is 5.03. The number of amides is 7. The number of nitrogens with zero attached hydrogens (tertiary/aromatic N) is 1. The molecule has 3 aromatic rings. The molecule has 108 heavy (non-hydrogen) atoms. The number of nitrogens with one attached hydrogen (secondary N) is 10. The van der Waals surface area contributed by atoms with Gasteiger partial charge in [0.25, 0.3) is 5.91 Å². The van der Waals surface area contributed by atoms with E-state index in [1.807, 2.05) is 184 Å². The molecule has 3 saturated carbocycles. The van der Waals surface area contributed by atoms with Crippen LogP contribution >= 0.6 is 11.6 Å². The van der Waals surface area contributed by atoms with Gasteiger partial charge in [0.15, 0.2) is 0 Å². The van der Waals surface area contributed by atoms with E-state index in [-0.39, 0.29) is 83.4 Å². The second-order valence-electron chi connectivity index (χ2n) is 32.9. The van der Waals surface area contributed by atoms with Crippen molar-refractivity contribution in [3.63, 3.8) is 0 Å². The van der Waals surface area contributed by atoms with Crippen LogP contribution in [-0.2, 0) is 35.2 Å². The lowest BCUT2D eigenvalue weighted by atomic mass is 9.82. The Morgan fingerprint density at radius 1 is 0.407 bits per heavy atom. The van der Waals surface area contributed by atoms with Crippen LogP contribution in [0.1, 0.15) is 276 Å². The number of carbonyl (C=O) groups excluding carboxylic acids is 7. The number of hydrogen-bond acceptors (Lipinski definition) is 11. The summed E-state index contributed by atoms with van der Waals surface area (Å²) in [7, 11) is 2.19. The number of benzene rings is 3. The van der Waals surface area contributed by atoms with Gasteiger partial charge in [-0.05, 0) is 270 Å². The Morgan fingerprint density at radius 3 is 1.17 bits per heavy atom. The monoisotopic (exact) mass is 1520 g/mol. The van der Waals surface area contributed by atoms with Crippen LogP contribution in [0.25, 0.3) is 5.70 Å². The van der Waals surface area contributed by atoms with Crippen molar-refractivity contribution in [1.29, 1.82) is 0 Å². The van der Waals surface area contributed by atoms with Gasteiger partial charge in [-0.15, -0.1) is 0 Å². The number of allylic oxidation sites excluding steroid dienone is 1. The highest BCUT2D eigenvalue weighted by Gasteiger charge is 2.26. The van der Waals surface area contributed by atoms with Gasteiger partial charge in [0.2, 0.25) is 35.4 Å². The van der Waals surface area contributed by atoms with E-state index >= 15 is 0 Å². The summed E-state index contributed by atoms with van der Waals surface area (Å²) in [5, 5.41) is 31.0. The van der Waals surface area contributed by atoms with Crippen molar-refractivity contribution >= 4 is 58.6 Å². The Balaban J connectivity index is 0.00000119. The van der Waals surface area contributed by atoms with Gasteiger partial charge in [-0.3, -0.25) is 33.6 Å². The van der Waals surface area contributed by atoms with Crippen LogP contribution in [0, 0.1) is 41.4 Å². The number of carbonyl (C=O) groups is 7. The van der Waals surface area contributed by atoms with Crippen LogP contribution in [0.5, 0.6) is 0 Å². The smallest absolute Gasteiger partial charge is 0.251 e. The van der Waals surface area contributed by atoms with Crippen LogP contribution < -0.4 is 53.2 Å². The standard InChI is InChI=1S/C11H14ClN.C11H22N2.C11H21NO.C11H15NO.C10H19NO.C10H13NO.C9H18N2O.C9H17NO.C7H15NO/c1-8(2)13-9(3)10-4-6-11(12)7-5-10;1-9(2)12-10(3)11-5-7-13(4)8-6-11;1-8(2)12-11(13)10-6-4-9(3)5-7-10;1-9(2)12-11(13)8-10-6-4-3-5-7-10;2*1-8(2)11-10(12)9-6-4-3-5-7-9;1-7(2)11-9(12)8-4-3-5-10-6-8;1-7(2)10-9(11)8-5-3-4-6-8;1-5(2)7(9)8-6(3)4/h4-8,13H,3H2,1-2H3;9,11-12H,3,5-8H2,1-2,4H3;8-10H,4-7H2,1-3H3,(H,12,13);3-7,9H,8H2,1-2H3,(H,12,13);8-9H,3-7H2,1-2H3,(H,11,12);3-8H,1-2H3,(H,11,12);7-8,10H,3-6H2,1-2H3,(H,11,12);7-8H,3-6H2,1-2H3,(H,10,11);5-6H,1-4H3,(H,8,9). The Bertz CT molecular complexity index is 2830. The Morgan fingerprint density at radius 2 is 0.787 bits per heavy atom. The SMILES string of the molecule is C=C(NC(C)C)C1CCN(C)CC1.C=C(NC(C)C)c1ccc(Cl)cc1.CC(C)NC(=O)C(C)C.CC(C)NC(=O)C1CCCC1.CC(C)NC(=O)C1CCCCC1.CC(C)NC(=O)C1CCCNC1.CC(C)NC(=O)Cc1ccccc1.CC(C)NC(=O)c1ccccc1.CC1CCC(C(=O)NC(C)C)CC1. The molecule has 1 atom stereocenters. The minimum atomic E-state index is -0.00870. The maximum atomic E-state index is 11.6. The number of likely N-dealkylation sites (tertiary alicyclic amines) is 1. The predicted octanol–water partition coefficient (Wildman–Crippen LogP) is 16.5. The second kappa shape index (κ2) is 59.1. The summed E-state index contributed by atoms with van der Waals surface area (Å²) in [5.74, 6) is 3.94. The molecule has 5 aliphatic rings. The minimum Gasteiger partial charge on any atom is -0.386 e. The maximum Gasteiger partial charge on any atom is 0.251 e. The molecule has 10 N–H and O–H groups in total. The van der Waals surface area contributed by atoms with Crippen molar-refractivity contribution < 1.29 is 33.6 Å². The molecule has 2 heterocycles. The van der Waals surface area contributed by atoms with Crippen LogP contribution in [0.4, 0.5) is 0 Å². The third-order valence-corrected chi connectivity index (χ3v) is 18.1. The van der Waals surface area contributed by atoms with Crippen molar-refractivity contribution in [3.8, 4) is 0 Å². The van der Waals surface area contributed by atoms with Crippen molar-refractivity contribution in [3.05, 3.63) is 125 Å². The zero-order chi connectivity index (χ0) is 81.8. The minimum absolute atomic E-state index is 0.00870. The van der Waals surface area contributed by atoms with Crippen LogP contribution in [0.3, 0.4) is 0 Å². The van der Waals surface area contributed by atoms with Crippen molar-refractivity contribution in [2.45, 2.75) is 315 Å². The van der Waals surface area contributed by atoms with Gasteiger partial charge < -0.3 is 58.1 Å². The number of hydrogen-bond donors (Lipinski definition) is 10. The third kappa shape index (κ3) is 53.1. The quantitative estimate of drug-likeness (QED) is 0.0481. The van der Waals surface area contributed by atoms with Gasteiger partial charge in [0.1, 0.15) is 0 Å². The van der Waals surface area contributed by atoms with Crippen LogP contribution in [-0.4, -0.2) is 134 Å². The summed E-state index contributed by atoms with van der Waals surface area (Å²) in [6, 6.07) is 29.3. The summed E-state index contributed by atoms with van der Waals surface area (Å²) in [6.07, 6.45) is 20.4. The van der Waals surface area contributed by atoms with E-state index in [1.54, 1.807) is 12.1 Å². The zero-order valence-corrected chi connectivity index (χ0v) is 72.2. The lowest BCUT2D eigenvalue weighted by molar-refractivity contribution is -0.127. The van der Waals surface area contributed by atoms with Gasteiger partial charge in [0, 0.05) is 112 Å². The average Bonchev–Trinajstić information content (AvgIpc) is 1.16. The largest absolute Gasteiger partial charge is 0.386 e. The molecule has 1 unspecified atom stereocenters. The first kappa shape index (κ1) is 101. The fraction of sp³-hybridized carbons (Fsp3) is 0.674. The van der Waals surface area contributed by atoms with Crippen molar-refractivity contribution in [2.24, 2.45) is 41.4 Å². The highest BCUT2D eigenvalue weighted by atomic mass is 35.5. The van der Waals surface area contributed by atoms with E-state index in [9.17, 15) is 33.6 Å². The van der Waals surface area contributed by atoms with E-state index in [1.165, 1.54) is 76.6 Å². The highest BCUT2D eigenvalue weighted by Crippen LogP contribution is 2.29. The molecule has 0 spiro atoms. The molecule has 0 radical (unpaired) electrons. The molecule has 8 rings (SSSR count).